The molecule has 3 heteroatoms. The predicted octanol–water partition coefficient (Wildman–Crippen LogP) is 2.82. The summed E-state index contributed by atoms with van der Waals surface area (Å²) >= 11 is 0. The average Bonchev–Trinajstić information content (AvgIpc) is 3.08. The summed E-state index contributed by atoms with van der Waals surface area (Å²) in [5, 5.41) is 0. The fourth-order valence-corrected chi connectivity index (χ4v) is 5.26. The van der Waals surface area contributed by atoms with Crippen LogP contribution < -0.4 is 0 Å². The van der Waals surface area contributed by atoms with Gasteiger partial charge in [-0.3, -0.25) is 0 Å². The molecule has 4 fully saturated rings. The Bertz CT molecular complexity index is 295. The molecule has 0 N–H and O–H groups in total. The Morgan fingerprint density at radius 3 is 1.44 bits per heavy atom. The average molecular weight is 252 g/mol. The van der Waals surface area contributed by atoms with E-state index in [0.717, 1.165) is 26.2 Å². The van der Waals surface area contributed by atoms with Gasteiger partial charge >= 0.3 is 0 Å². The van der Waals surface area contributed by atoms with E-state index in [-0.39, 0.29) is 16.8 Å². The van der Waals surface area contributed by atoms with Gasteiger partial charge in [-0.2, -0.15) is 0 Å². The molecule has 4 aliphatic rings. The smallest absolute Gasteiger partial charge is 0.126 e. The number of hydrogen-bond acceptors (Lipinski definition) is 3. The zero-order chi connectivity index (χ0) is 12.1. The van der Waals surface area contributed by atoms with Crippen LogP contribution in [0.3, 0.4) is 0 Å². The van der Waals surface area contributed by atoms with E-state index in [1.165, 1.54) is 51.4 Å². The van der Waals surface area contributed by atoms with Gasteiger partial charge in [-0.25, -0.2) is 0 Å². The lowest BCUT2D eigenvalue weighted by atomic mass is 9.59. The molecule has 1 saturated carbocycles. The number of fused-ring (bicyclic) bond motifs is 2. The molecule has 3 nitrogen and oxygen atoms in total. The van der Waals surface area contributed by atoms with E-state index < -0.39 is 0 Å². The van der Waals surface area contributed by atoms with Gasteiger partial charge in [-0.05, 0) is 57.8 Å². The molecule has 0 radical (unpaired) electrons. The third kappa shape index (κ3) is 1.26. The molecule has 3 heterocycles. The van der Waals surface area contributed by atoms with E-state index >= 15 is 0 Å². The van der Waals surface area contributed by atoms with Gasteiger partial charge in [0.2, 0.25) is 0 Å². The lowest BCUT2D eigenvalue weighted by molar-refractivity contribution is -0.275. The van der Waals surface area contributed by atoms with Crippen molar-refractivity contribution in [2.24, 2.45) is 0 Å². The quantitative estimate of drug-likeness (QED) is 0.663. The standard InChI is InChI=1S/C15H24O3/c1-5-13(7-2-10-16-13)15(9-4-12-18-15)14(6-1)8-3-11-17-14/h1-12H2. The SMILES string of the molecule is C1COC2(C1)CCCC1(CCCO1)C21CCCO1. The third-order valence-electron chi connectivity index (χ3n) is 5.86. The Morgan fingerprint density at radius 1 is 0.500 bits per heavy atom. The first-order valence-electron chi connectivity index (χ1n) is 7.75. The monoisotopic (exact) mass is 252 g/mol. The van der Waals surface area contributed by atoms with E-state index in [1.807, 2.05) is 0 Å². The van der Waals surface area contributed by atoms with Crippen molar-refractivity contribution in [2.75, 3.05) is 19.8 Å². The van der Waals surface area contributed by atoms with Gasteiger partial charge < -0.3 is 14.2 Å². The second kappa shape index (κ2) is 3.94. The zero-order valence-electron chi connectivity index (χ0n) is 11.2. The summed E-state index contributed by atoms with van der Waals surface area (Å²) < 4.78 is 19.0. The highest BCUT2D eigenvalue weighted by Crippen LogP contribution is 2.60. The van der Waals surface area contributed by atoms with Gasteiger partial charge in [0.05, 0.1) is 11.2 Å². The zero-order valence-corrected chi connectivity index (χ0v) is 11.2. The maximum Gasteiger partial charge on any atom is 0.126 e. The lowest BCUT2D eigenvalue weighted by Gasteiger charge is -2.57. The van der Waals surface area contributed by atoms with Crippen LogP contribution in [0.25, 0.3) is 0 Å². The van der Waals surface area contributed by atoms with Crippen LogP contribution in [-0.4, -0.2) is 36.6 Å². The van der Waals surface area contributed by atoms with Gasteiger partial charge in [-0.15, -0.1) is 0 Å². The molecule has 0 aromatic carbocycles. The molecule has 2 unspecified atom stereocenters. The summed E-state index contributed by atoms with van der Waals surface area (Å²) in [5.41, 5.74) is -0.163. The van der Waals surface area contributed by atoms with Gasteiger partial charge in [-0.1, -0.05) is 0 Å². The summed E-state index contributed by atoms with van der Waals surface area (Å²) in [6.45, 7) is 2.73. The van der Waals surface area contributed by atoms with Crippen molar-refractivity contribution in [3.05, 3.63) is 0 Å². The van der Waals surface area contributed by atoms with Gasteiger partial charge in [0.1, 0.15) is 5.60 Å². The Hall–Kier alpha value is -0.120. The lowest BCUT2D eigenvalue weighted by Crippen LogP contribution is -2.69. The van der Waals surface area contributed by atoms with Crippen molar-refractivity contribution in [3.8, 4) is 0 Å². The molecule has 0 amide bonds. The van der Waals surface area contributed by atoms with Gasteiger partial charge in [0, 0.05) is 19.8 Å². The highest BCUT2D eigenvalue weighted by Gasteiger charge is 2.69. The largest absolute Gasteiger partial charge is 0.372 e. The van der Waals surface area contributed by atoms with E-state index in [4.69, 9.17) is 14.2 Å². The third-order valence-corrected chi connectivity index (χ3v) is 5.86. The van der Waals surface area contributed by atoms with Crippen molar-refractivity contribution in [1.29, 1.82) is 0 Å². The van der Waals surface area contributed by atoms with Crippen LogP contribution in [0, 0.1) is 0 Å². The highest BCUT2D eigenvalue weighted by atomic mass is 16.6. The molecule has 102 valence electrons. The molecule has 1 aliphatic carbocycles. The molecule has 4 rings (SSSR count). The maximum atomic E-state index is 6.41. The first kappa shape index (κ1) is 11.7. The Labute approximate surface area is 109 Å². The summed E-state index contributed by atoms with van der Waals surface area (Å²) in [4.78, 5) is 0. The van der Waals surface area contributed by atoms with Crippen LogP contribution in [0.1, 0.15) is 57.8 Å². The second-order valence-corrected chi connectivity index (χ2v) is 6.53. The van der Waals surface area contributed by atoms with Crippen molar-refractivity contribution >= 4 is 0 Å². The molecular weight excluding hydrogens is 228 g/mol. The molecular formula is C15H24O3. The maximum absolute atomic E-state index is 6.41. The van der Waals surface area contributed by atoms with Gasteiger partial charge in [0.15, 0.2) is 0 Å². The second-order valence-electron chi connectivity index (χ2n) is 6.53. The van der Waals surface area contributed by atoms with Crippen LogP contribution in [0.4, 0.5) is 0 Å². The number of rotatable bonds is 0. The van der Waals surface area contributed by atoms with Crippen LogP contribution in [-0.2, 0) is 14.2 Å². The number of ether oxygens (including phenoxy) is 3. The molecule has 0 aromatic heterocycles. The van der Waals surface area contributed by atoms with Crippen molar-refractivity contribution in [1.82, 2.24) is 0 Å². The van der Waals surface area contributed by atoms with E-state index in [2.05, 4.69) is 0 Å². The van der Waals surface area contributed by atoms with E-state index in [0.29, 0.717) is 0 Å². The van der Waals surface area contributed by atoms with Crippen LogP contribution in [0.15, 0.2) is 0 Å². The minimum Gasteiger partial charge on any atom is -0.372 e. The van der Waals surface area contributed by atoms with Crippen LogP contribution in [0.5, 0.6) is 0 Å². The first-order chi connectivity index (χ1) is 8.83. The molecule has 18 heavy (non-hydrogen) atoms. The summed E-state index contributed by atoms with van der Waals surface area (Å²) in [7, 11) is 0. The fourth-order valence-electron chi connectivity index (χ4n) is 5.26. The molecule has 2 atom stereocenters. The topological polar surface area (TPSA) is 27.7 Å². The minimum absolute atomic E-state index is 0.0217. The predicted molar refractivity (Wildman–Crippen MR) is 67.6 cm³/mol. The highest BCUT2D eigenvalue weighted by molar-refractivity contribution is 5.20. The number of hydrogen-bond donors (Lipinski definition) is 0. The molecule has 3 aliphatic heterocycles. The first-order valence-corrected chi connectivity index (χ1v) is 7.75. The van der Waals surface area contributed by atoms with Crippen LogP contribution in [0.2, 0.25) is 0 Å². The van der Waals surface area contributed by atoms with Crippen molar-refractivity contribution in [2.45, 2.75) is 74.6 Å². The van der Waals surface area contributed by atoms with E-state index in [9.17, 15) is 0 Å². The van der Waals surface area contributed by atoms with E-state index in [1.54, 1.807) is 0 Å². The van der Waals surface area contributed by atoms with Crippen molar-refractivity contribution < 1.29 is 14.2 Å². The molecule has 3 spiro atoms. The fraction of sp³-hybridized carbons (Fsp3) is 1.00. The normalized spacial score (nSPS) is 52.0. The Balaban J connectivity index is 1.79. The minimum atomic E-state index is -0.120. The van der Waals surface area contributed by atoms with Crippen molar-refractivity contribution in [3.63, 3.8) is 0 Å². The summed E-state index contributed by atoms with van der Waals surface area (Å²) in [6.07, 6.45) is 10.7. The molecule has 0 bridgehead atoms. The molecule has 0 aromatic rings. The molecule has 3 saturated heterocycles. The summed E-state index contributed by atoms with van der Waals surface area (Å²) in [6, 6.07) is 0. The van der Waals surface area contributed by atoms with Gasteiger partial charge in [0.25, 0.3) is 0 Å². The Morgan fingerprint density at radius 2 is 1.00 bits per heavy atom. The Kier molecular flexibility index (Phi) is 2.56. The summed E-state index contributed by atoms with van der Waals surface area (Å²) in [5.74, 6) is 0. The van der Waals surface area contributed by atoms with Crippen LogP contribution >= 0.6 is 0 Å².